The van der Waals surface area contributed by atoms with Gasteiger partial charge in [0.05, 0.1) is 0 Å². The lowest BCUT2D eigenvalue weighted by molar-refractivity contribution is 0.287. The first-order valence-electron chi connectivity index (χ1n) is 5.88. The third-order valence-corrected chi connectivity index (χ3v) is 3.22. The summed E-state index contributed by atoms with van der Waals surface area (Å²) in [4.78, 5) is 4.28. The van der Waals surface area contributed by atoms with E-state index in [9.17, 15) is 0 Å². The molecule has 0 aliphatic carbocycles. The molecule has 0 spiro atoms. The van der Waals surface area contributed by atoms with Gasteiger partial charge in [-0.3, -0.25) is 4.98 Å². The molecule has 100 valence electrons. The van der Waals surface area contributed by atoms with Crippen molar-refractivity contribution in [1.82, 2.24) is 4.98 Å². The van der Waals surface area contributed by atoms with Gasteiger partial charge in [0.25, 0.3) is 0 Å². The van der Waals surface area contributed by atoms with Crippen LogP contribution in [-0.4, -0.2) is 17.6 Å². The third kappa shape index (κ3) is 4.82. The SMILES string of the molecule is NC(COc1cccc(Cl)c1)Cc1ccc(Br)cn1. The van der Waals surface area contributed by atoms with E-state index < -0.39 is 0 Å². The molecule has 19 heavy (non-hydrogen) atoms. The molecule has 1 aromatic carbocycles. The van der Waals surface area contributed by atoms with Gasteiger partial charge in [0.2, 0.25) is 0 Å². The van der Waals surface area contributed by atoms with Crippen molar-refractivity contribution in [3.8, 4) is 5.75 Å². The number of nitrogens with zero attached hydrogens (tertiary/aromatic N) is 1. The van der Waals surface area contributed by atoms with E-state index in [0.29, 0.717) is 18.1 Å². The fraction of sp³-hybridized carbons (Fsp3) is 0.214. The number of ether oxygens (including phenoxy) is 1. The van der Waals surface area contributed by atoms with Gasteiger partial charge in [-0.05, 0) is 46.3 Å². The standard InChI is InChI=1S/C14H14BrClN2O/c15-10-4-5-13(18-8-10)7-12(17)9-19-14-3-1-2-11(16)6-14/h1-6,8,12H,7,9,17H2. The average molecular weight is 342 g/mol. The van der Waals surface area contributed by atoms with Crippen LogP contribution in [0.1, 0.15) is 5.69 Å². The maximum absolute atomic E-state index is 6.02. The van der Waals surface area contributed by atoms with Crippen LogP contribution in [0.4, 0.5) is 0 Å². The van der Waals surface area contributed by atoms with Crippen LogP contribution in [0, 0.1) is 0 Å². The molecule has 1 unspecified atom stereocenters. The van der Waals surface area contributed by atoms with Crippen molar-refractivity contribution in [3.05, 3.63) is 57.8 Å². The normalized spacial score (nSPS) is 12.2. The highest BCUT2D eigenvalue weighted by molar-refractivity contribution is 9.10. The van der Waals surface area contributed by atoms with Gasteiger partial charge in [-0.15, -0.1) is 0 Å². The van der Waals surface area contributed by atoms with Gasteiger partial charge in [0, 0.05) is 33.8 Å². The predicted molar refractivity (Wildman–Crippen MR) is 80.6 cm³/mol. The van der Waals surface area contributed by atoms with Crippen molar-refractivity contribution in [2.75, 3.05) is 6.61 Å². The lowest BCUT2D eigenvalue weighted by Gasteiger charge is -2.13. The fourth-order valence-electron chi connectivity index (χ4n) is 1.61. The van der Waals surface area contributed by atoms with Crippen molar-refractivity contribution in [2.24, 2.45) is 5.73 Å². The molecule has 2 rings (SSSR count). The molecule has 0 fully saturated rings. The summed E-state index contributed by atoms with van der Waals surface area (Å²) in [5, 5.41) is 0.653. The maximum Gasteiger partial charge on any atom is 0.120 e. The fourth-order valence-corrected chi connectivity index (χ4v) is 2.03. The predicted octanol–water partition coefficient (Wildman–Crippen LogP) is 3.45. The van der Waals surface area contributed by atoms with E-state index in [-0.39, 0.29) is 6.04 Å². The van der Waals surface area contributed by atoms with Gasteiger partial charge in [0.1, 0.15) is 12.4 Å². The van der Waals surface area contributed by atoms with Crippen LogP contribution in [0.2, 0.25) is 5.02 Å². The van der Waals surface area contributed by atoms with Crippen LogP contribution < -0.4 is 10.5 Å². The molecule has 0 saturated carbocycles. The minimum atomic E-state index is -0.104. The average Bonchev–Trinajstić information content (AvgIpc) is 2.39. The molecule has 1 aromatic heterocycles. The lowest BCUT2D eigenvalue weighted by atomic mass is 10.1. The van der Waals surface area contributed by atoms with E-state index in [2.05, 4.69) is 20.9 Å². The third-order valence-electron chi connectivity index (χ3n) is 2.52. The van der Waals surface area contributed by atoms with Gasteiger partial charge in [0.15, 0.2) is 0 Å². The zero-order chi connectivity index (χ0) is 13.7. The summed E-state index contributed by atoms with van der Waals surface area (Å²) < 4.78 is 6.56. The second-order valence-corrected chi connectivity index (χ2v) is 5.55. The lowest BCUT2D eigenvalue weighted by Crippen LogP contribution is -2.30. The van der Waals surface area contributed by atoms with E-state index in [1.165, 1.54) is 0 Å². The number of rotatable bonds is 5. The summed E-state index contributed by atoms with van der Waals surface area (Å²) in [5.41, 5.74) is 6.97. The Hall–Kier alpha value is -1.10. The first kappa shape index (κ1) is 14.3. The molecule has 2 aromatic rings. The number of benzene rings is 1. The summed E-state index contributed by atoms with van der Waals surface area (Å²) in [6.07, 6.45) is 2.44. The highest BCUT2D eigenvalue weighted by atomic mass is 79.9. The Morgan fingerprint density at radius 1 is 1.32 bits per heavy atom. The quantitative estimate of drug-likeness (QED) is 0.906. The number of hydrogen-bond acceptors (Lipinski definition) is 3. The van der Waals surface area contributed by atoms with Crippen molar-refractivity contribution >= 4 is 27.5 Å². The van der Waals surface area contributed by atoms with Crippen LogP contribution in [0.25, 0.3) is 0 Å². The smallest absolute Gasteiger partial charge is 0.120 e. The van der Waals surface area contributed by atoms with E-state index in [4.69, 9.17) is 22.1 Å². The number of halogens is 2. The van der Waals surface area contributed by atoms with Crippen molar-refractivity contribution < 1.29 is 4.74 Å². The Kier molecular flexibility index (Phi) is 5.19. The molecule has 5 heteroatoms. The molecule has 2 N–H and O–H groups in total. The first-order chi connectivity index (χ1) is 9.13. The second kappa shape index (κ2) is 6.89. The monoisotopic (exact) mass is 340 g/mol. The van der Waals surface area contributed by atoms with E-state index >= 15 is 0 Å². The molecule has 0 amide bonds. The Labute approximate surface area is 125 Å². The van der Waals surface area contributed by atoms with Gasteiger partial charge in [-0.2, -0.15) is 0 Å². The molecular weight excluding hydrogens is 328 g/mol. The van der Waals surface area contributed by atoms with E-state index in [1.807, 2.05) is 24.3 Å². The molecule has 0 aliphatic heterocycles. The van der Waals surface area contributed by atoms with E-state index in [0.717, 1.165) is 15.9 Å². The van der Waals surface area contributed by atoms with Gasteiger partial charge < -0.3 is 10.5 Å². The maximum atomic E-state index is 6.02. The van der Waals surface area contributed by atoms with Gasteiger partial charge in [-0.1, -0.05) is 17.7 Å². The van der Waals surface area contributed by atoms with E-state index in [1.54, 1.807) is 18.3 Å². The van der Waals surface area contributed by atoms with Crippen LogP contribution in [0.15, 0.2) is 47.1 Å². The Bertz CT molecular complexity index is 533. The minimum absolute atomic E-state index is 0.104. The summed E-state index contributed by atoms with van der Waals surface area (Å²) in [6.45, 7) is 0.429. The molecular formula is C14H14BrClN2O. The number of nitrogens with two attached hydrogens (primary N) is 1. The summed E-state index contributed by atoms with van der Waals surface area (Å²) in [6, 6.07) is 11.1. The van der Waals surface area contributed by atoms with Crippen molar-refractivity contribution in [2.45, 2.75) is 12.5 Å². The summed E-state index contributed by atoms with van der Waals surface area (Å²) >= 11 is 9.23. The van der Waals surface area contributed by atoms with Gasteiger partial charge >= 0.3 is 0 Å². The zero-order valence-corrected chi connectivity index (χ0v) is 12.6. The molecule has 1 heterocycles. The van der Waals surface area contributed by atoms with Crippen LogP contribution >= 0.6 is 27.5 Å². The summed E-state index contributed by atoms with van der Waals surface area (Å²) in [5.74, 6) is 0.728. The molecule has 0 radical (unpaired) electrons. The van der Waals surface area contributed by atoms with Crippen LogP contribution in [0.3, 0.4) is 0 Å². The van der Waals surface area contributed by atoms with Gasteiger partial charge in [-0.25, -0.2) is 0 Å². The second-order valence-electron chi connectivity index (χ2n) is 4.20. The number of pyridine rings is 1. The number of aromatic nitrogens is 1. The van der Waals surface area contributed by atoms with Crippen molar-refractivity contribution in [3.63, 3.8) is 0 Å². The summed E-state index contributed by atoms with van der Waals surface area (Å²) in [7, 11) is 0. The Morgan fingerprint density at radius 3 is 2.84 bits per heavy atom. The van der Waals surface area contributed by atoms with Crippen molar-refractivity contribution in [1.29, 1.82) is 0 Å². The molecule has 3 nitrogen and oxygen atoms in total. The first-order valence-corrected chi connectivity index (χ1v) is 7.05. The van der Waals surface area contributed by atoms with Crippen LogP contribution in [0.5, 0.6) is 5.75 Å². The highest BCUT2D eigenvalue weighted by Gasteiger charge is 2.06. The Morgan fingerprint density at radius 2 is 2.16 bits per heavy atom. The highest BCUT2D eigenvalue weighted by Crippen LogP contribution is 2.17. The molecule has 0 saturated heterocycles. The molecule has 0 aliphatic rings. The topological polar surface area (TPSA) is 48.1 Å². The van der Waals surface area contributed by atoms with Crippen LogP contribution in [-0.2, 0) is 6.42 Å². The zero-order valence-electron chi connectivity index (χ0n) is 10.2. The molecule has 1 atom stereocenters. The molecule has 0 bridgehead atoms. The number of hydrogen-bond donors (Lipinski definition) is 1. The Balaban J connectivity index is 1.84. The minimum Gasteiger partial charge on any atom is -0.492 e. The largest absolute Gasteiger partial charge is 0.492 e.